The first-order valence-corrected chi connectivity index (χ1v) is 7.24. The van der Waals surface area contributed by atoms with Crippen LogP contribution in [-0.2, 0) is 11.2 Å². The molecule has 140 valence electrons. The molecule has 0 heterocycles. The number of carbonyl (C=O) groups excluding carboxylic acids is 1. The van der Waals surface area contributed by atoms with Crippen molar-refractivity contribution in [2.75, 3.05) is 13.2 Å². The van der Waals surface area contributed by atoms with Gasteiger partial charge in [0.15, 0.2) is 29.1 Å². The molecule has 0 bridgehead atoms. The Morgan fingerprint density at radius 2 is 1.64 bits per heavy atom. The SMILES string of the molecule is O=C(NCCc1ccc(O)c(O)c1)C(O)C(O)/C(O)=C(\O)C(O)CO. The number of carbonyl (C=O) groups is 1. The normalized spacial score (nSPS) is 15.8. The minimum Gasteiger partial charge on any atom is -0.506 e. The Morgan fingerprint density at radius 1 is 1.00 bits per heavy atom. The molecular formula is C15H21NO9. The number of phenols is 2. The van der Waals surface area contributed by atoms with Crippen LogP contribution < -0.4 is 5.32 Å². The summed E-state index contributed by atoms with van der Waals surface area (Å²) in [5.74, 6) is -4.09. The van der Waals surface area contributed by atoms with Crippen LogP contribution in [0.2, 0.25) is 0 Å². The lowest BCUT2D eigenvalue weighted by Gasteiger charge is -2.19. The van der Waals surface area contributed by atoms with E-state index >= 15 is 0 Å². The van der Waals surface area contributed by atoms with Crippen LogP contribution in [0.5, 0.6) is 11.5 Å². The molecule has 1 aromatic rings. The third-order valence-corrected chi connectivity index (χ3v) is 3.35. The Labute approximate surface area is 142 Å². The highest BCUT2D eigenvalue weighted by Crippen LogP contribution is 2.24. The third-order valence-electron chi connectivity index (χ3n) is 3.35. The van der Waals surface area contributed by atoms with Gasteiger partial charge in [0.2, 0.25) is 0 Å². The first kappa shape index (κ1) is 20.5. The lowest BCUT2D eigenvalue weighted by atomic mass is 10.1. The van der Waals surface area contributed by atoms with Crippen molar-refractivity contribution in [1.82, 2.24) is 5.32 Å². The van der Waals surface area contributed by atoms with Crippen LogP contribution in [0.1, 0.15) is 5.56 Å². The van der Waals surface area contributed by atoms with Crippen LogP contribution in [0.3, 0.4) is 0 Å². The molecule has 0 aromatic heterocycles. The van der Waals surface area contributed by atoms with Gasteiger partial charge in [-0.3, -0.25) is 4.79 Å². The van der Waals surface area contributed by atoms with Crippen LogP contribution in [-0.4, -0.2) is 78.2 Å². The number of phenolic OH excluding ortho intramolecular Hbond substituents is 2. The number of benzene rings is 1. The van der Waals surface area contributed by atoms with Crippen molar-refractivity contribution in [1.29, 1.82) is 0 Å². The predicted octanol–water partition coefficient (Wildman–Crippen LogP) is -1.84. The van der Waals surface area contributed by atoms with Gasteiger partial charge in [0.05, 0.1) is 6.61 Å². The second kappa shape index (κ2) is 9.08. The van der Waals surface area contributed by atoms with Gasteiger partial charge in [0, 0.05) is 6.54 Å². The van der Waals surface area contributed by atoms with Gasteiger partial charge < -0.3 is 46.2 Å². The van der Waals surface area contributed by atoms with E-state index in [4.69, 9.17) is 10.2 Å². The van der Waals surface area contributed by atoms with Crippen molar-refractivity contribution in [3.63, 3.8) is 0 Å². The molecule has 10 heteroatoms. The Bertz CT molecular complexity index is 631. The molecule has 1 aromatic carbocycles. The first-order chi connectivity index (χ1) is 11.7. The minimum atomic E-state index is -2.21. The van der Waals surface area contributed by atoms with Gasteiger partial charge in [-0.15, -0.1) is 0 Å². The minimum absolute atomic E-state index is 0.00253. The molecule has 9 N–H and O–H groups in total. The molecule has 0 fully saturated rings. The fourth-order valence-corrected chi connectivity index (χ4v) is 1.86. The maximum Gasteiger partial charge on any atom is 0.252 e. The molecule has 0 radical (unpaired) electrons. The van der Waals surface area contributed by atoms with E-state index < -0.39 is 42.3 Å². The quantitative estimate of drug-likeness (QED) is 0.189. The molecule has 1 rings (SSSR count). The number of amides is 1. The molecule has 25 heavy (non-hydrogen) atoms. The Kier molecular flexibility index (Phi) is 7.45. The Balaban J connectivity index is 2.60. The Hall–Kier alpha value is -2.53. The summed E-state index contributed by atoms with van der Waals surface area (Å²) in [6.07, 6.45) is -5.98. The molecule has 0 saturated carbocycles. The monoisotopic (exact) mass is 359 g/mol. The summed E-state index contributed by atoms with van der Waals surface area (Å²) in [4.78, 5) is 11.7. The predicted molar refractivity (Wildman–Crippen MR) is 83.9 cm³/mol. The second-order valence-electron chi connectivity index (χ2n) is 5.22. The van der Waals surface area contributed by atoms with Gasteiger partial charge in [0.25, 0.3) is 5.91 Å². The maximum absolute atomic E-state index is 11.7. The zero-order valence-electron chi connectivity index (χ0n) is 13.1. The van der Waals surface area contributed by atoms with Gasteiger partial charge in [0.1, 0.15) is 12.2 Å². The van der Waals surface area contributed by atoms with Crippen molar-refractivity contribution in [2.45, 2.75) is 24.7 Å². The summed E-state index contributed by atoms with van der Waals surface area (Å²) < 4.78 is 0. The van der Waals surface area contributed by atoms with E-state index in [-0.39, 0.29) is 24.5 Å². The first-order valence-electron chi connectivity index (χ1n) is 7.24. The van der Waals surface area contributed by atoms with E-state index in [9.17, 15) is 35.4 Å². The average Bonchev–Trinajstić information content (AvgIpc) is 2.61. The number of aliphatic hydroxyl groups is 6. The zero-order valence-corrected chi connectivity index (χ0v) is 13.1. The highest BCUT2D eigenvalue weighted by molar-refractivity contribution is 5.81. The van der Waals surface area contributed by atoms with E-state index in [1.165, 1.54) is 18.2 Å². The van der Waals surface area contributed by atoms with Gasteiger partial charge in [-0.1, -0.05) is 6.07 Å². The number of aliphatic hydroxyl groups excluding tert-OH is 6. The van der Waals surface area contributed by atoms with Gasteiger partial charge in [-0.2, -0.15) is 0 Å². The van der Waals surface area contributed by atoms with Crippen LogP contribution >= 0.6 is 0 Å². The molecular weight excluding hydrogens is 338 g/mol. The number of aromatic hydroxyl groups is 2. The standard InChI is InChI=1S/C15H21NO9/c17-6-10(20)11(21)12(22)13(23)14(24)15(25)16-4-3-7-1-2-8(18)9(19)5-7/h1-2,5,10,13-14,17-24H,3-4,6H2,(H,16,25)/b12-11+. The van der Waals surface area contributed by atoms with Crippen molar-refractivity contribution in [3.8, 4) is 11.5 Å². The van der Waals surface area contributed by atoms with E-state index in [0.717, 1.165) is 0 Å². The fraction of sp³-hybridized carbons (Fsp3) is 0.400. The summed E-state index contributed by atoms with van der Waals surface area (Å²) in [5, 5.41) is 76.6. The van der Waals surface area contributed by atoms with Crippen LogP contribution in [0.25, 0.3) is 0 Å². The van der Waals surface area contributed by atoms with E-state index in [2.05, 4.69) is 5.32 Å². The molecule has 1 amide bonds. The summed E-state index contributed by atoms with van der Waals surface area (Å²) in [6.45, 7) is -0.938. The summed E-state index contributed by atoms with van der Waals surface area (Å²) in [5.41, 5.74) is 0.581. The lowest BCUT2D eigenvalue weighted by molar-refractivity contribution is -0.135. The van der Waals surface area contributed by atoms with Crippen LogP contribution in [0.4, 0.5) is 0 Å². The number of hydrogen-bond donors (Lipinski definition) is 9. The molecule has 3 unspecified atom stereocenters. The second-order valence-corrected chi connectivity index (χ2v) is 5.22. The number of nitrogens with one attached hydrogen (secondary N) is 1. The maximum atomic E-state index is 11.7. The largest absolute Gasteiger partial charge is 0.506 e. The smallest absolute Gasteiger partial charge is 0.252 e. The van der Waals surface area contributed by atoms with Gasteiger partial charge in [-0.25, -0.2) is 0 Å². The molecule has 0 aliphatic carbocycles. The van der Waals surface area contributed by atoms with Crippen molar-refractivity contribution < 1.29 is 45.6 Å². The molecule has 3 atom stereocenters. The number of rotatable bonds is 8. The topological polar surface area (TPSA) is 191 Å². The highest BCUT2D eigenvalue weighted by Gasteiger charge is 2.30. The molecule has 0 aliphatic rings. The van der Waals surface area contributed by atoms with Crippen LogP contribution in [0, 0.1) is 0 Å². The van der Waals surface area contributed by atoms with Crippen molar-refractivity contribution in [3.05, 3.63) is 35.3 Å². The zero-order chi connectivity index (χ0) is 19.1. The fourth-order valence-electron chi connectivity index (χ4n) is 1.86. The molecule has 0 saturated heterocycles. The van der Waals surface area contributed by atoms with Gasteiger partial charge >= 0.3 is 0 Å². The lowest BCUT2D eigenvalue weighted by Crippen LogP contribution is -2.44. The molecule has 10 nitrogen and oxygen atoms in total. The summed E-state index contributed by atoms with van der Waals surface area (Å²) in [7, 11) is 0. The molecule has 0 spiro atoms. The van der Waals surface area contributed by atoms with Crippen molar-refractivity contribution in [2.24, 2.45) is 0 Å². The van der Waals surface area contributed by atoms with E-state index in [1.807, 2.05) is 0 Å². The van der Waals surface area contributed by atoms with Gasteiger partial charge in [-0.05, 0) is 24.1 Å². The van der Waals surface area contributed by atoms with E-state index in [1.54, 1.807) is 0 Å². The third kappa shape index (κ3) is 5.50. The summed E-state index contributed by atoms with van der Waals surface area (Å²) in [6, 6.07) is 4.06. The van der Waals surface area contributed by atoms with Crippen molar-refractivity contribution >= 4 is 5.91 Å². The Morgan fingerprint density at radius 3 is 2.20 bits per heavy atom. The molecule has 0 aliphatic heterocycles. The highest BCUT2D eigenvalue weighted by atomic mass is 16.4. The summed E-state index contributed by atoms with van der Waals surface area (Å²) >= 11 is 0. The van der Waals surface area contributed by atoms with E-state index in [0.29, 0.717) is 5.56 Å². The van der Waals surface area contributed by atoms with Crippen LogP contribution in [0.15, 0.2) is 29.7 Å². The number of hydrogen-bond acceptors (Lipinski definition) is 9. The average molecular weight is 359 g/mol.